The maximum absolute atomic E-state index is 4.53. The minimum absolute atomic E-state index is 0.829. The van der Waals surface area contributed by atoms with Crippen LogP contribution in [-0.4, -0.2) is 59.2 Å². The van der Waals surface area contributed by atoms with Crippen LogP contribution in [0.25, 0.3) is 0 Å². The summed E-state index contributed by atoms with van der Waals surface area (Å²) >= 11 is 0. The Kier molecular flexibility index (Phi) is 4.15. The van der Waals surface area contributed by atoms with Gasteiger partial charge in [-0.3, -0.25) is 0 Å². The Morgan fingerprint density at radius 3 is 2.08 bits per heavy atom. The predicted octanol–water partition coefficient (Wildman–Crippen LogP) is 1.50. The Bertz CT molecular complexity index is 691. The van der Waals surface area contributed by atoms with E-state index in [0.29, 0.717) is 0 Å². The molecule has 0 aliphatic carbocycles. The largest absolute Gasteiger partial charge is 0.356 e. The molecule has 7 heteroatoms. The molecule has 4 heterocycles. The van der Waals surface area contributed by atoms with Gasteiger partial charge in [-0.2, -0.15) is 0 Å². The third-order valence-corrected chi connectivity index (χ3v) is 4.74. The van der Waals surface area contributed by atoms with Gasteiger partial charge in [0.1, 0.15) is 18.0 Å². The number of rotatable bonds is 3. The Morgan fingerprint density at radius 1 is 0.792 bits per heavy atom. The molecule has 126 valence electrons. The second-order valence-electron chi connectivity index (χ2n) is 6.40. The maximum Gasteiger partial charge on any atom is 0.225 e. The molecule has 0 atom stereocenters. The van der Waals surface area contributed by atoms with Gasteiger partial charge in [0.15, 0.2) is 0 Å². The second-order valence-corrected chi connectivity index (χ2v) is 6.40. The van der Waals surface area contributed by atoms with Crippen LogP contribution in [0.5, 0.6) is 0 Å². The first kappa shape index (κ1) is 15.1. The lowest BCUT2D eigenvalue weighted by molar-refractivity contribution is 0.633. The van der Waals surface area contributed by atoms with E-state index in [1.165, 1.54) is 12.8 Å². The van der Waals surface area contributed by atoms with Gasteiger partial charge in [-0.05, 0) is 25.8 Å². The van der Waals surface area contributed by atoms with Gasteiger partial charge < -0.3 is 14.7 Å². The number of aromatic nitrogens is 4. The van der Waals surface area contributed by atoms with Gasteiger partial charge in [0.05, 0.1) is 0 Å². The van der Waals surface area contributed by atoms with Crippen LogP contribution in [0, 0.1) is 6.92 Å². The van der Waals surface area contributed by atoms with Crippen molar-refractivity contribution in [3.8, 4) is 0 Å². The molecule has 0 spiro atoms. The molecule has 2 aromatic heterocycles. The van der Waals surface area contributed by atoms with Crippen molar-refractivity contribution < 1.29 is 0 Å². The highest BCUT2D eigenvalue weighted by Gasteiger charge is 2.21. The molecule has 0 saturated carbocycles. The lowest BCUT2D eigenvalue weighted by atomic mass is 10.3. The first-order valence-corrected chi connectivity index (χ1v) is 8.66. The maximum atomic E-state index is 4.53. The molecule has 24 heavy (non-hydrogen) atoms. The minimum Gasteiger partial charge on any atom is -0.356 e. The predicted molar refractivity (Wildman–Crippen MR) is 94.7 cm³/mol. The summed E-state index contributed by atoms with van der Waals surface area (Å²) < 4.78 is 0. The van der Waals surface area contributed by atoms with E-state index >= 15 is 0 Å². The highest BCUT2D eigenvalue weighted by molar-refractivity contribution is 5.51. The Balaban J connectivity index is 1.43. The van der Waals surface area contributed by atoms with Gasteiger partial charge in [-0.15, -0.1) is 0 Å². The van der Waals surface area contributed by atoms with Crippen LogP contribution in [0.3, 0.4) is 0 Å². The average molecular weight is 325 g/mol. The van der Waals surface area contributed by atoms with E-state index in [2.05, 4.69) is 40.7 Å². The highest BCUT2D eigenvalue weighted by atomic mass is 15.3. The van der Waals surface area contributed by atoms with Gasteiger partial charge in [0, 0.05) is 57.2 Å². The van der Waals surface area contributed by atoms with Gasteiger partial charge in [-0.25, -0.2) is 19.9 Å². The number of nitrogens with zero attached hydrogens (tertiary/aromatic N) is 7. The van der Waals surface area contributed by atoms with Gasteiger partial charge in [0.2, 0.25) is 5.95 Å². The van der Waals surface area contributed by atoms with E-state index in [4.69, 9.17) is 0 Å². The van der Waals surface area contributed by atoms with Crippen molar-refractivity contribution in [2.24, 2.45) is 0 Å². The first-order chi connectivity index (χ1) is 11.8. The fourth-order valence-corrected chi connectivity index (χ4v) is 3.35. The third kappa shape index (κ3) is 3.11. The molecule has 4 rings (SSSR count). The number of piperazine rings is 1. The van der Waals surface area contributed by atoms with E-state index in [-0.39, 0.29) is 0 Å². The Hall–Kier alpha value is -2.44. The lowest BCUT2D eigenvalue weighted by Gasteiger charge is -2.35. The second kappa shape index (κ2) is 6.59. The monoisotopic (exact) mass is 325 g/mol. The molecule has 0 aromatic carbocycles. The average Bonchev–Trinajstić information content (AvgIpc) is 3.17. The van der Waals surface area contributed by atoms with E-state index in [9.17, 15) is 0 Å². The fourth-order valence-electron chi connectivity index (χ4n) is 3.35. The number of hydrogen-bond donors (Lipinski definition) is 0. The molecule has 7 nitrogen and oxygen atoms in total. The first-order valence-electron chi connectivity index (χ1n) is 8.66. The van der Waals surface area contributed by atoms with E-state index < -0.39 is 0 Å². The summed E-state index contributed by atoms with van der Waals surface area (Å²) in [6.45, 7) is 7.88. The molecule has 0 radical (unpaired) electrons. The molecule has 2 saturated heterocycles. The Morgan fingerprint density at radius 2 is 1.42 bits per heavy atom. The van der Waals surface area contributed by atoms with Crippen LogP contribution in [0.1, 0.15) is 18.5 Å². The lowest BCUT2D eigenvalue weighted by Crippen LogP contribution is -2.47. The van der Waals surface area contributed by atoms with E-state index in [0.717, 1.165) is 62.5 Å². The minimum atomic E-state index is 0.829. The fraction of sp³-hybridized carbons (Fsp3) is 0.529. The van der Waals surface area contributed by atoms with Crippen LogP contribution in [0.4, 0.5) is 17.6 Å². The number of hydrogen-bond acceptors (Lipinski definition) is 7. The molecule has 2 aromatic rings. The Labute approximate surface area is 142 Å². The van der Waals surface area contributed by atoms with Gasteiger partial charge in [-0.1, -0.05) is 0 Å². The van der Waals surface area contributed by atoms with Crippen LogP contribution < -0.4 is 14.7 Å². The van der Waals surface area contributed by atoms with E-state index in [1.54, 1.807) is 6.33 Å². The van der Waals surface area contributed by atoms with Crippen molar-refractivity contribution in [2.75, 3.05) is 54.0 Å². The van der Waals surface area contributed by atoms with Crippen molar-refractivity contribution in [3.05, 3.63) is 30.4 Å². The zero-order chi connectivity index (χ0) is 16.4. The SMILES string of the molecule is Cc1ccnc(N2CCN(c3cc(N4CCCC4)ncn3)CC2)n1. The normalized spacial score (nSPS) is 18.3. The van der Waals surface area contributed by atoms with E-state index in [1.807, 2.05) is 19.2 Å². The van der Waals surface area contributed by atoms with Crippen molar-refractivity contribution in [3.63, 3.8) is 0 Å². The smallest absolute Gasteiger partial charge is 0.225 e. The van der Waals surface area contributed by atoms with Crippen molar-refractivity contribution >= 4 is 17.6 Å². The molecular weight excluding hydrogens is 302 g/mol. The topological polar surface area (TPSA) is 61.3 Å². The standard InChI is InChI=1S/C17H23N7/c1-14-4-5-18-17(21-14)24-10-8-23(9-11-24)16-12-15(19-13-20-16)22-6-2-3-7-22/h4-5,12-13H,2-3,6-11H2,1H3. The summed E-state index contributed by atoms with van der Waals surface area (Å²) in [5, 5.41) is 0. The third-order valence-electron chi connectivity index (χ3n) is 4.74. The molecule has 2 fully saturated rings. The van der Waals surface area contributed by atoms with Crippen LogP contribution in [0.15, 0.2) is 24.7 Å². The van der Waals surface area contributed by atoms with Crippen molar-refractivity contribution in [1.29, 1.82) is 0 Å². The van der Waals surface area contributed by atoms with Gasteiger partial charge in [0.25, 0.3) is 0 Å². The number of aryl methyl sites for hydroxylation is 1. The molecular formula is C17H23N7. The molecule has 2 aliphatic heterocycles. The highest BCUT2D eigenvalue weighted by Crippen LogP contribution is 2.22. The molecule has 0 unspecified atom stereocenters. The molecule has 2 aliphatic rings. The summed E-state index contributed by atoms with van der Waals surface area (Å²) in [4.78, 5) is 24.8. The molecule has 0 amide bonds. The van der Waals surface area contributed by atoms with Gasteiger partial charge >= 0.3 is 0 Å². The van der Waals surface area contributed by atoms with Crippen molar-refractivity contribution in [1.82, 2.24) is 19.9 Å². The van der Waals surface area contributed by atoms with Crippen molar-refractivity contribution in [2.45, 2.75) is 19.8 Å². The van der Waals surface area contributed by atoms with Crippen LogP contribution >= 0.6 is 0 Å². The molecule has 0 bridgehead atoms. The zero-order valence-corrected chi connectivity index (χ0v) is 14.1. The quantitative estimate of drug-likeness (QED) is 0.847. The summed E-state index contributed by atoms with van der Waals surface area (Å²) in [6.07, 6.45) is 6.04. The zero-order valence-electron chi connectivity index (χ0n) is 14.1. The van der Waals surface area contributed by atoms with Crippen LogP contribution in [0.2, 0.25) is 0 Å². The summed E-state index contributed by atoms with van der Waals surface area (Å²) in [6, 6.07) is 4.06. The summed E-state index contributed by atoms with van der Waals surface area (Å²) in [5.41, 5.74) is 1.01. The van der Waals surface area contributed by atoms with Crippen LogP contribution in [-0.2, 0) is 0 Å². The molecule has 0 N–H and O–H groups in total. The summed E-state index contributed by atoms with van der Waals surface area (Å²) in [7, 11) is 0. The summed E-state index contributed by atoms with van der Waals surface area (Å²) in [5.74, 6) is 2.91. The number of anilines is 3.